The molecule has 0 aliphatic rings. The number of ether oxygens (including phenoxy) is 1. The molecule has 0 aliphatic heterocycles. The zero-order valence-electron chi connectivity index (χ0n) is 12.7. The van der Waals surface area contributed by atoms with Crippen molar-refractivity contribution in [2.75, 3.05) is 12.4 Å². The maximum absolute atomic E-state index is 12.0. The van der Waals surface area contributed by atoms with Gasteiger partial charge in [0, 0.05) is 25.0 Å². The Hall–Kier alpha value is -3.60. The molecule has 0 amide bonds. The Morgan fingerprint density at radius 2 is 2.17 bits per heavy atom. The number of nitriles is 1. The van der Waals surface area contributed by atoms with E-state index in [4.69, 9.17) is 10.00 Å². The molecule has 2 heterocycles. The van der Waals surface area contributed by atoms with Crippen LogP contribution in [0, 0.1) is 11.3 Å². The summed E-state index contributed by atoms with van der Waals surface area (Å²) in [4.78, 5) is 28.2. The molecule has 0 spiro atoms. The molecule has 2 N–H and O–H groups in total. The van der Waals surface area contributed by atoms with Gasteiger partial charge in [0.2, 0.25) is 0 Å². The average Bonchev–Trinajstić information content (AvgIpc) is 3.03. The van der Waals surface area contributed by atoms with Gasteiger partial charge in [-0.3, -0.25) is 9.89 Å². The van der Waals surface area contributed by atoms with Crippen molar-refractivity contribution >= 4 is 17.3 Å². The standard InChI is InChI=1S/C16H13N5O3/c1-18-12-4-2-10(3-5-12)16(23)24-9-13-6-14(22)21-15(20-13)11(7-17)8-19-21/h2-6,8,18-19H,9H2,1H3. The minimum absolute atomic E-state index is 0.158. The largest absolute Gasteiger partial charge is 0.456 e. The molecule has 0 saturated carbocycles. The number of carbonyl (C=O) groups is 1. The first-order valence-electron chi connectivity index (χ1n) is 7.07. The van der Waals surface area contributed by atoms with E-state index in [1.54, 1.807) is 31.3 Å². The smallest absolute Gasteiger partial charge is 0.338 e. The van der Waals surface area contributed by atoms with Gasteiger partial charge in [-0.25, -0.2) is 14.3 Å². The van der Waals surface area contributed by atoms with Crippen molar-refractivity contribution in [3.8, 4) is 6.07 Å². The summed E-state index contributed by atoms with van der Waals surface area (Å²) in [7, 11) is 1.78. The molecule has 24 heavy (non-hydrogen) atoms. The van der Waals surface area contributed by atoms with Gasteiger partial charge < -0.3 is 10.1 Å². The minimum Gasteiger partial charge on any atom is -0.456 e. The molecule has 8 heteroatoms. The topological polar surface area (TPSA) is 112 Å². The van der Waals surface area contributed by atoms with Crippen LogP contribution >= 0.6 is 0 Å². The first-order chi connectivity index (χ1) is 11.6. The molecule has 0 fully saturated rings. The van der Waals surface area contributed by atoms with Gasteiger partial charge in [0.15, 0.2) is 5.65 Å². The summed E-state index contributed by atoms with van der Waals surface area (Å²) in [5.41, 5.74) is 1.61. The van der Waals surface area contributed by atoms with Gasteiger partial charge in [0.25, 0.3) is 5.56 Å². The van der Waals surface area contributed by atoms with Crippen molar-refractivity contribution in [1.82, 2.24) is 14.6 Å². The second-order valence-corrected chi connectivity index (χ2v) is 4.95. The SMILES string of the molecule is CNc1ccc(C(=O)OCc2cc(=O)n3[nH]cc(C#N)c3n2)cc1. The molecule has 0 saturated heterocycles. The van der Waals surface area contributed by atoms with Gasteiger partial charge in [0.05, 0.1) is 11.3 Å². The third-order valence-electron chi connectivity index (χ3n) is 3.43. The third kappa shape index (κ3) is 2.83. The number of hydrogen-bond acceptors (Lipinski definition) is 6. The summed E-state index contributed by atoms with van der Waals surface area (Å²) < 4.78 is 6.33. The molecule has 8 nitrogen and oxygen atoms in total. The monoisotopic (exact) mass is 323 g/mol. The predicted octanol–water partition coefficient (Wildman–Crippen LogP) is 1.29. The number of anilines is 1. The Balaban J connectivity index is 1.78. The normalized spacial score (nSPS) is 10.3. The molecule has 1 aromatic carbocycles. The summed E-state index contributed by atoms with van der Waals surface area (Å²) in [5, 5.41) is 14.6. The Labute approximate surface area is 136 Å². The van der Waals surface area contributed by atoms with Crippen LogP contribution in [-0.4, -0.2) is 27.6 Å². The number of nitrogens with one attached hydrogen (secondary N) is 2. The summed E-state index contributed by atoms with van der Waals surface area (Å²) in [5.74, 6) is -0.519. The van der Waals surface area contributed by atoms with E-state index >= 15 is 0 Å². The van der Waals surface area contributed by atoms with Crippen molar-refractivity contribution < 1.29 is 9.53 Å². The van der Waals surface area contributed by atoms with Crippen LogP contribution in [0.25, 0.3) is 5.65 Å². The van der Waals surface area contributed by atoms with Crippen molar-refractivity contribution in [2.24, 2.45) is 0 Å². The van der Waals surface area contributed by atoms with Crippen LogP contribution in [0.5, 0.6) is 0 Å². The number of rotatable bonds is 4. The van der Waals surface area contributed by atoms with Gasteiger partial charge in [-0.15, -0.1) is 0 Å². The molecule has 3 aromatic rings. The van der Waals surface area contributed by atoms with Crippen LogP contribution in [-0.2, 0) is 11.3 Å². The minimum atomic E-state index is -0.519. The van der Waals surface area contributed by atoms with E-state index in [2.05, 4.69) is 15.4 Å². The van der Waals surface area contributed by atoms with E-state index in [0.29, 0.717) is 5.56 Å². The maximum Gasteiger partial charge on any atom is 0.338 e. The number of hydrogen-bond donors (Lipinski definition) is 2. The number of benzene rings is 1. The Morgan fingerprint density at radius 1 is 1.42 bits per heavy atom. The van der Waals surface area contributed by atoms with Crippen molar-refractivity contribution in [3.63, 3.8) is 0 Å². The zero-order chi connectivity index (χ0) is 17.1. The lowest BCUT2D eigenvalue weighted by Gasteiger charge is -2.06. The molecule has 0 atom stereocenters. The summed E-state index contributed by atoms with van der Waals surface area (Å²) in [6.45, 7) is -0.158. The second-order valence-electron chi connectivity index (χ2n) is 4.95. The lowest BCUT2D eigenvalue weighted by molar-refractivity contribution is 0.0467. The molecule has 120 valence electrons. The fourth-order valence-electron chi connectivity index (χ4n) is 2.18. The number of H-pyrrole nitrogens is 1. The molecular weight excluding hydrogens is 310 g/mol. The quantitative estimate of drug-likeness (QED) is 0.700. The fourth-order valence-corrected chi connectivity index (χ4v) is 2.18. The summed E-state index contributed by atoms with van der Waals surface area (Å²) in [6, 6.07) is 9.98. The lowest BCUT2D eigenvalue weighted by Crippen LogP contribution is -2.17. The Morgan fingerprint density at radius 3 is 2.83 bits per heavy atom. The zero-order valence-corrected chi connectivity index (χ0v) is 12.7. The number of fused-ring (bicyclic) bond motifs is 1. The average molecular weight is 323 g/mol. The Kier molecular flexibility index (Phi) is 3.99. The van der Waals surface area contributed by atoms with E-state index < -0.39 is 5.97 Å². The molecule has 0 unspecified atom stereocenters. The van der Waals surface area contributed by atoms with Crippen molar-refractivity contribution in [3.05, 3.63) is 63.7 Å². The van der Waals surface area contributed by atoms with E-state index in [-0.39, 0.29) is 29.1 Å². The third-order valence-corrected chi connectivity index (χ3v) is 3.43. The number of aromatic nitrogens is 3. The predicted molar refractivity (Wildman–Crippen MR) is 85.6 cm³/mol. The van der Waals surface area contributed by atoms with E-state index in [1.165, 1.54) is 12.3 Å². The molecule has 0 radical (unpaired) electrons. The summed E-state index contributed by atoms with van der Waals surface area (Å²) >= 11 is 0. The van der Waals surface area contributed by atoms with Gasteiger partial charge >= 0.3 is 5.97 Å². The number of aromatic amines is 1. The van der Waals surface area contributed by atoms with Crippen LogP contribution < -0.4 is 10.9 Å². The highest BCUT2D eigenvalue weighted by Gasteiger charge is 2.11. The first-order valence-corrected chi connectivity index (χ1v) is 7.07. The van der Waals surface area contributed by atoms with E-state index in [9.17, 15) is 9.59 Å². The number of nitrogens with zero attached hydrogens (tertiary/aromatic N) is 3. The molecular formula is C16H13N5O3. The van der Waals surface area contributed by atoms with Crippen LogP contribution in [0.15, 0.2) is 41.3 Å². The van der Waals surface area contributed by atoms with Crippen LogP contribution in [0.4, 0.5) is 5.69 Å². The number of carbonyl (C=O) groups excluding carboxylic acids is 1. The fraction of sp³-hybridized carbons (Fsp3) is 0.125. The van der Waals surface area contributed by atoms with Gasteiger partial charge in [0.1, 0.15) is 18.2 Å². The van der Waals surface area contributed by atoms with Crippen LogP contribution in [0.2, 0.25) is 0 Å². The molecule has 0 bridgehead atoms. The molecule has 0 aliphatic carbocycles. The molecule has 3 rings (SSSR count). The van der Waals surface area contributed by atoms with Crippen molar-refractivity contribution in [1.29, 1.82) is 5.26 Å². The molecule has 2 aromatic heterocycles. The highest BCUT2D eigenvalue weighted by Crippen LogP contribution is 2.11. The van der Waals surface area contributed by atoms with Crippen LogP contribution in [0.1, 0.15) is 21.6 Å². The highest BCUT2D eigenvalue weighted by molar-refractivity contribution is 5.89. The Bertz CT molecular complexity index is 995. The van der Waals surface area contributed by atoms with E-state index in [1.807, 2.05) is 6.07 Å². The maximum atomic E-state index is 12.0. The van der Waals surface area contributed by atoms with Crippen molar-refractivity contribution in [2.45, 2.75) is 6.61 Å². The van der Waals surface area contributed by atoms with Gasteiger partial charge in [-0.2, -0.15) is 5.26 Å². The van der Waals surface area contributed by atoms with Gasteiger partial charge in [-0.05, 0) is 24.3 Å². The number of esters is 1. The van der Waals surface area contributed by atoms with E-state index in [0.717, 1.165) is 10.2 Å². The van der Waals surface area contributed by atoms with Gasteiger partial charge in [-0.1, -0.05) is 0 Å². The second kappa shape index (κ2) is 6.26. The highest BCUT2D eigenvalue weighted by atomic mass is 16.5. The summed E-state index contributed by atoms with van der Waals surface area (Å²) in [6.07, 6.45) is 1.39. The van der Waals surface area contributed by atoms with Crippen LogP contribution in [0.3, 0.4) is 0 Å². The lowest BCUT2D eigenvalue weighted by atomic mass is 10.2. The first kappa shape index (κ1) is 15.3.